The summed E-state index contributed by atoms with van der Waals surface area (Å²) >= 11 is 0. The van der Waals surface area contributed by atoms with E-state index >= 15 is 0 Å². The van der Waals surface area contributed by atoms with Crippen LogP contribution in [-0.4, -0.2) is 38.2 Å². The van der Waals surface area contributed by atoms with Crippen LogP contribution in [0.2, 0.25) is 0 Å². The normalized spacial score (nSPS) is 15.5. The molecule has 2 aliphatic heterocycles. The molecule has 0 radical (unpaired) electrons. The van der Waals surface area contributed by atoms with Gasteiger partial charge in [0, 0.05) is 30.0 Å². The molecular formula is C22H25N3O4. The van der Waals surface area contributed by atoms with Crippen LogP contribution in [0.15, 0.2) is 42.5 Å². The lowest BCUT2D eigenvalue weighted by Crippen LogP contribution is -2.32. The molecule has 0 atom stereocenters. The number of carbonyl (C=O) groups is 2. The van der Waals surface area contributed by atoms with E-state index in [1.807, 2.05) is 24.3 Å². The summed E-state index contributed by atoms with van der Waals surface area (Å²) in [5.41, 5.74) is 2.32. The van der Waals surface area contributed by atoms with Crippen molar-refractivity contribution in [3.05, 3.63) is 48.0 Å². The molecule has 1 fully saturated rings. The zero-order valence-corrected chi connectivity index (χ0v) is 16.3. The maximum atomic E-state index is 12.3. The van der Waals surface area contributed by atoms with Crippen LogP contribution in [0.1, 0.15) is 36.0 Å². The van der Waals surface area contributed by atoms with Gasteiger partial charge in [0.15, 0.2) is 11.5 Å². The zero-order chi connectivity index (χ0) is 20.1. The minimum Gasteiger partial charge on any atom is -0.454 e. The Balaban J connectivity index is 1.27. The van der Waals surface area contributed by atoms with Gasteiger partial charge < -0.3 is 25.0 Å². The number of nitrogens with zero attached hydrogens (tertiary/aromatic N) is 1. The van der Waals surface area contributed by atoms with Gasteiger partial charge in [-0.25, -0.2) is 0 Å². The molecule has 0 bridgehead atoms. The lowest BCUT2D eigenvalue weighted by molar-refractivity contribution is -0.115. The summed E-state index contributed by atoms with van der Waals surface area (Å²) in [6.45, 7) is 2.20. The summed E-state index contributed by atoms with van der Waals surface area (Å²) in [6, 6.07) is 12.8. The van der Waals surface area contributed by atoms with Crippen molar-refractivity contribution >= 4 is 23.2 Å². The molecule has 152 valence electrons. The van der Waals surface area contributed by atoms with Crippen LogP contribution >= 0.6 is 0 Å². The first-order valence-electron chi connectivity index (χ1n) is 10.0. The summed E-state index contributed by atoms with van der Waals surface area (Å²) in [5, 5.41) is 5.44. The van der Waals surface area contributed by atoms with E-state index in [1.54, 1.807) is 18.2 Å². The molecule has 2 N–H and O–H groups in total. The van der Waals surface area contributed by atoms with Crippen molar-refractivity contribution in [3.8, 4) is 11.5 Å². The fraction of sp³-hybridized carbons (Fsp3) is 0.364. The first-order valence-corrected chi connectivity index (χ1v) is 10.0. The molecule has 0 spiro atoms. The van der Waals surface area contributed by atoms with Gasteiger partial charge in [0.1, 0.15) is 0 Å². The van der Waals surface area contributed by atoms with Gasteiger partial charge in [-0.1, -0.05) is 12.8 Å². The summed E-state index contributed by atoms with van der Waals surface area (Å²) in [7, 11) is 0. The third-order valence-corrected chi connectivity index (χ3v) is 5.17. The highest BCUT2D eigenvalue weighted by molar-refractivity contribution is 5.99. The first-order chi connectivity index (χ1) is 14.2. The molecule has 4 rings (SSSR count). The molecule has 0 unspecified atom stereocenters. The maximum absolute atomic E-state index is 12.3. The number of rotatable bonds is 5. The number of ether oxygens (including phenoxy) is 2. The van der Waals surface area contributed by atoms with Gasteiger partial charge in [-0.3, -0.25) is 9.59 Å². The van der Waals surface area contributed by atoms with Gasteiger partial charge in [-0.05, 0) is 55.3 Å². The second-order valence-corrected chi connectivity index (χ2v) is 7.25. The minimum absolute atomic E-state index is 0.110. The average molecular weight is 395 g/mol. The molecule has 29 heavy (non-hydrogen) atoms. The number of fused-ring (bicyclic) bond motifs is 1. The van der Waals surface area contributed by atoms with Gasteiger partial charge in [0.25, 0.3) is 5.91 Å². The van der Waals surface area contributed by atoms with Gasteiger partial charge in [-0.2, -0.15) is 0 Å². The third-order valence-electron chi connectivity index (χ3n) is 5.17. The Bertz CT molecular complexity index is 874. The summed E-state index contributed by atoms with van der Waals surface area (Å²) in [4.78, 5) is 26.8. The van der Waals surface area contributed by atoms with Crippen molar-refractivity contribution in [2.45, 2.75) is 25.7 Å². The molecule has 0 aromatic heterocycles. The fourth-order valence-corrected chi connectivity index (χ4v) is 3.59. The molecule has 0 aliphatic carbocycles. The quantitative estimate of drug-likeness (QED) is 0.813. The SMILES string of the molecule is O=C(CNC(=O)c1ccc2c(c1)OCO2)Nc1ccc(N2CCCCCC2)cc1. The lowest BCUT2D eigenvalue weighted by atomic mass is 10.2. The first kappa shape index (κ1) is 19.1. The number of hydrogen-bond donors (Lipinski definition) is 2. The molecule has 7 heteroatoms. The van der Waals surface area contributed by atoms with Crippen molar-refractivity contribution in [2.24, 2.45) is 0 Å². The van der Waals surface area contributed by atoms with Crippen LogP contribution in [0.5, 0.6) is 11.5 Å². The van der Waals surface area contributed by atoms with E-state index in [9.17, 15) is 9.59 Å². The standard InChI is InChI=1S/C22H25N3O4/c26-21(14-23-22(27)16-5-10-19-20(13-16)29-15-28-19)24-17-6-8-18(9-7-17)25-11-3-1-2-4-12-25/h5-10,13H,1-4,11-12,14-15H2,(H,23,27)(H,24,26). The summed E-state index contributed by atoms with van der Waals surface area (Å²) in [5.74, 6) is 0.533. The van der Waals surface area contributed by atoms with Gasteiger partial charge >= 0.3 is 0 Å². The highest BCUT2D eigenvalue weighted by atomic mass is 16.7. The molecular weight excluding hydrogens is 370 g/mol. The van der Waals surface area contributed by atoms with Gasteiger partial charge in [-0.15, -0.1) is 0 Å². The van der Waals surface area contributed by atoms with Crippen molar-refractivity contribution in [2.75, 3.05) is 36.6 Å². The number of nitrogens with one attached hydrogen (secondary N) is 2. The monoisotopic (exact) mass is 395 g/mol. The lowest BCUT2D eigenvalue weighted by Gasteiger charge is -2.22. The highest BCUT2D eigenvalue weighted by Crippen LogP contribution is 2.32. The summed E-state index contributed by atoms with van der Waals surface area (Å²) in [6.07, 6.45) is 5.04. The van der Waals surface area contributed by atoms with Crippen molar-refractivity contribution < 1.29 is 19.1 Å². The second-order valence-electron chi connectivity index (χ2n) is 7.25. The maximum Gasteiger partial charge on any atom is 0.251 e. The second kappa shape index (κ2) is 8.86. The smallest absolute Gasteiger partial charge is 0.251 e. The summed E-state index contributed by atoms with van der Waals surface area (Å²) < 4.78 is 10.5. The molecule has 0 saturated carbocycles. The topological polar surface area (TPSA) is 79.9 Å². The Morgan fingerprint density at radius 3 is 2.38 bits per heavy atom. The van der Waals surface area contributed by atoms with Crippen LogP contribution in [0, 0.1) is 0 Å². The number of anilines is 2. The molecule has 2 heterocycles. The highest BCUT2D eigenvalue weighted by Gasteiger charge is 2.16. The van der Waals surface area contributed by atoms with E-state index in [-0.39, 0.29) is 25.2 Å². The number of hydrogen-bond acceptors (Lipinski definition) is 5. The third kappa shape index (κ3) is 4.80. The predicted molar refractivity (Wildman–Crippen MR) is 111 cm³/mol. The molecule has 2 aliphatic rings. The van der Waals surface area contributed by atoms with E-state index < -0.39 is 0 Å². The van der Waals surface area contributed by atoms with E-state index in [2.05, 4.69) is 15.5 Å². The van der Waals surface area contributed by atoms with Crippen LogP contribution in [0.3, 0.4) is 0 Å². The Morgan fingerprint density at radius 1 is 0.897 bits per heavy atom. The predicted octanol–water partition coefficient (Wildman–Crippen LogP) is 3.16. The van der Waals surface area contributed by atoms with E-state index in [0.29, 0.717) is 22.7 Å². The van der Waals surface area contributed by atoms with Crippen LogP contribution in [-0.2, 0) is 4.79 Å². The largest absolute Gasteiger partial charge is 0.454 e. The number of benzene rings is 2. The van der Waals surface area contributed by atoms with E-state index in [1.165, 1.54) is 31.4 Å². The average Bonchev–Trinajstić information content (AvgIpc) is 3.04. The molecule has 2 aromatic rings. The minimum atomic E-state index is -0.338. The van der Waals surface area contributed by atoms with Gasteiger partial charge in [0.05, 0.1) is 6.54 Å². The Morgan fingerprint density at radius 2 is 1.62 bits per heavy atom. The Kier molecular flexibility index (Phi) is 5.84. The van der Waals surface area contributed by atoms with Crippen molar-refractivity contribution in [3.63, 3.8) is 0 Å². The Labute approximate surface area is 170 Å². The molecule has 7 nitrogen and oxygen atoms in total. The van der Waals surface area contributed by atoms with E-state index in [0.717, 1.165) is 13.1 Å². The Hall–Kier alpha value is -3.22. The molecule has 1 saturated heterocycles. The fourth-order valence-electron chi connectivity index (χ4n) is 3.59. The van der Waals surface area contributed by atoms with Crippen LogP contribution in [0.4, 0.5) is 11.4 Å². The van der Waals surface area contributed by atoms with E-state index in [4.69, 9.17) is 9.47 Å². The van der Waals surface area contributed by atoms with Crippen molar-refractivity contribution in [1.82, 2.24) is 5.32 Å². The molecule has 2 amide bonds. The van der Waals surface area contributed by atoms with Crippen LogP contribution < -0.4 is 25.0 Å². The van der Waals surface area contributed by atoms with Crippen molar-refractivity contribution in [1.29, 1.82) is 0 Å². The zero-order valence-electron chi connectivity index (χ0n) is 16.3. The number of amides is 2. The van der Waals surface area contributed by atoms with Gasteiger partial charge in [0.2, 0.25) is 12.7 Å². The van der Waals surface area contributed by atoms with Crippen LogP contribution in [0.25, 0.3) is 0 Å². The number of carbonyl (C=O) groups excluding carboxylic acids is 2. The molecule has 2 aromatic carbocycles.